The lowest BCUT2D eigenvalue weighted by atomic mass is 9.81. The van der Waals surface area contributed by atoms with Crippen LogP contribution in [0.15, 0.2) is 237 Å². The van der Waals surface area contributed by atoms with Crippen LogP contribution in [0, 0.1) is 12.8 Å². The number of rotatable bonds is 11. The van der Waals surface area contributed by atoms with Gasteiger partial charge in [-0.3, -0.25) is 0 Å². The average Bonchev–Trinajstić information content (AvgIpc) is 3.44. The van der Waals surface area contributed by atoms with Gasteiger partial charge in [-0.2, -0.15) is 0 Å². The highest BCUT2D eigenvalue weighted by Crippen LogP contribution is 2.43. The van der Waals surface area contributed by atoms with Gasteiger partial charge in [-0.05, 0) is 214 Å². The summed E-state index contributed by atoms with van der Waals surface area (Å²) in [7, 11) is 0. The van der Waals surface area contributed by atoms with Gasteiger partial charge in [0.2, 0.25) is 0 Å². The van der Waals surface area contributed by atoms with Crippen molar-refractivity contribution < 1.29 is 0 Å². The van der Waals surface area contributed by atoms with Crippen molar-refractivity contribution >= 4 is 34.1 Å². The highest BCUT2D eigenvalue weighted by Gasteiger charge is 2.21. The summed E-state index contributed by atoms with van der Waals surface area (Å²) in [6.45, 7) is 4.63. The lowest BCUT2D eigenvalue weighted by Gasteiger charge is -2.27. The Bertz CT molecular complexity index is 3470. The Morgan fingerprint density at radius 3 is 1.19 bits per heavy atom. The summed E-state index contributed by atoms with van der Waals surface area (Å²) in [4.78, 5) is 4.79. The molecular weight excluding hydrogens is 869 g/mol. The zero-order chi connectivity index (χ0) is 48.4. The van der Waals surface area contributed by atoms with Crippen LogP contribution in [0.1, 0.15) is 54.0 Å². The molecule has 0 saturated carbocycles. The largest absolute Gasteiger partial charge is 0.311 e. The van der Waals surface area contributed by atoms with Crippen molar-refractivity contribution in [2.45, 2.75) is 58.8 Å². The summed E-state index contributed by atoms with van der Waals surface area (Å²) in [5, 5.41) is 0. The van der Waals surface area contributed by atoms with Crippen LogP contribution in [0.2, 0.25) is 0 Å². The maximum atomic E-state index is 2.40. The molecule has 0 saturated heterocycles. The van der Waals surface area contributed by atoms with Gasteiger partial charge < -0.3 is 9.80 Å². The van der Waals surface area contributed by atoms with Crippen molar-refractivity contribution in [2.24, 2.45) is 5.92 Å². The molecule has 10 aromatic carbocycles. The first-order valence-electron chi connectivity index (χ1n) is 26.1. The molecule has 0 bridgehead atoms. The number of nitrogens with zero attached hydrogens (tertiary/aromatic N) is 2. The number of hydrogen-bond donors (Lipinski definition) is 0. The average molecular weight is 929 g/mol. The molecule has 0 spiro atoms. The number of benzene rings is 10. The highest BCUT2D eigenvalue weighted by molar-refractivity contribution is 5.85. The van der Waals surface area contributed by atoms with Crippen LogP contribution in [0.25, 0.3) is 55.6 Å². The van der Waals surface area contributed by atoms with Crippen LogP contribution in [0.3, 0.4) is 0 Å². The van der Waals surface area contributed by atoms with Crippen LogP contribution >= 0.6 is 0 Å². The molecule has 0 amide bonds. The Balaban J connectivity index is 0.872. The second-order valence-electron chi connectivity index (χ2n) is 20.1. The smallest absolute Gasteiger partial charge is 0.0464 e. The summed E-state index contributed by atoms with van der Waals surface area (Å²) in [6.07, 6.45) is 8.46. The third-order valence-electron chi connectivity index (χ3n) is 15.4. The summed E-state index contributed by atoms with van der Waals surface area (Å²) in [5.74, 6) is 0.741. The van der Waals surface area contributed by atoms with Gasteiger partial charge in [0.1, 0.15) is 0 Å². The molecule has 2 heteroatoms. The first kappa shape index (κ1) is 45.0. The normalized spacial score (nSPS) is 14.0. The highest BCUT2D eigenvalue weighted by atomic mass is 15.1. The molecule has 2 aliphatic carbocycles. The molecule has 2 nitrogen and oxygen atoms in total. The molecule has 72 heavy (non-hydrogen) atoms. The summed E-state index contributed by atoms with van der Waals surface area (Å²) < 4.78 is 0. The zero-order valence-electron chi connectivity index (χ0n) is 41.4. The first-order chi connectivity index (χ1) is 35.5. The molecule has 0 N–H and O–H groups in total. The lowest BCUT2D eigenvalue weighted by molar-refractivity contribution is 0.502. The number of hydrogen-bond acceptors (Lipinski definition) is 2. The van der Waals surface area contributed by atoms with Crippen molar-refractivity contribution in [3.8, 4) is 55.6 Å². The van der Waals surface area contributed by atoms with Crippen LogP contribution in [0.4, 0.5) is 34.1 Å². The SMILES string of the molecule is Cc1cc(N(c2ccc(-c3ccccc3)cc2)c2ccc(-c3cccc4c3CCCC4)cc2)ccc1-c1ccc(N(c2ccc(-c3ccccc3)cc2)c2ccc(-c3cccc4c3CCC(C)C4)cc2)cc1. The molecule has 0 fully saturated rings. The standard InChI is InChI=1S/C70H60N2/c1-49-23-45-70-59(47-49)19-12-22-69(70)58-30-40-62(41-31-58)71(60-34-24-53(25-35-60)51-13-5-3-6-14-51)61-38-28-56(29-39-61)66-46-44-65(48-50(66)2)72(63-36-26-54(27-37-63)52-15-7-4-8-16-52)64-42-32-57(33-43-64)68-21-11-18-55-17-9-10-20-67(55)68/h3-8,11-16,18-19,21-22,24-44,46,48-49H,9-10,17,20,23,45,47H2,1-2H3. The molecule has 350 valence electrons. The monoisotopic (exact) mass is 928 g/mol. The van der Waals surface area contributed by atoms with Crippen LogP contribution in [0.5, 0.6) is 0 Å². The maximum Gasteiger partial charge on any atom is 0.0464 e. The van der Waals surface area contributed by atoms with Crippen molar-refractivity contribution in [3.63, 3.8) is 0 Å². The van der Waals surface area contributed by atoms with E-state index >= 15 is 0 Å². The third-order valence-corrected chi connectivity index (χ3v) is 15.4. The third kappa shape index (κ3) is 9.06. The predicted molar refractivity (Wildman–Crippen MR) is 306 cm³/mol. The minimum absolute atomic E-state index is 0.741. The number of anilines is 6. The minimum atomic E-state index is 0.741. The van der Waals surface area contributed by atoms with E-state index in [2.05, 4.69) is 260 Å². The lowest BCUT2D eigenvalue weighted by Crippen LogP contribution is -2.12. The van der Waals surface area contributed by atoms with Crippen LogP contribution in [-0.4, -0.2) is 0 Å². The van der Waals surface area contributed by atoms with Crippen molar-refractivity contribution in [2.75, 3.05) is 9.80 Å². The van der Waals surface area contributed by atoms with Crippen LogP contribution in [-0.2, 0) is 25.7 Å². The Kier molecular flexibility index (Phi) is 12.4. The van der Waals surface area contributed by atoms with Gasteiger partial charge in [-0.1, -0.05) is 171 Å². The second kappa shape index (κ2) is 19.9. The number of fused-ring (bicyclic) bond motifs is 2. The fourth-order valence-electron chi connectivity index (χ4n) is 11.6. The molecule has 0 aromatic heterocycles. The van der Waals surface area contributed by atoms with Gasteiger partial charge in [0.05, 0.1) is 0 Å². The van der Waals surface area contributed by atoms with E-state index in [1.807, 2.05) is 0 Å². The van der Waals surface area contributed by atoms with E-state index in [1.54, 1.807) is 0 Å². The van der Waals surface area contributed by atoms with Crippen LogP contribution < -0.4 is 9.80 Å². The van der Waals surface area contributed by atoms with Gasteiger partial charge in [0, 0.05) is 34.1 Å². The minimum Gasteiger partial charge on any atom is -0.311 e. The quantitative estimate of drug-likeness (QED) is 0.128. The number of aryl methyl sites for hydroxylation is 2. The molecule has 1 unspecified atom stereocenters. The summed E-state index contributed by atoms with van der Waals surface area (Å²) >= 11 is 0. The Morgan fingerprint density at radius 2 is 0.708 bits per heavy atom. The molecule has 10 aromatic rings. The molecule has 0 heterocycles. The van der Waals surface area contributed by atoms with E-state index in [0.29, 0.717) is 0 Å². The van der Waals surface area contributed by atoms with E-state index in [9.17, 15) is 0 Å². The Morgan fingerprint density at radius 1 is 0.319 bits per heavy atom. The Hall–Kier alpha value is -8.20. The van der Waals surface area contributed by atoms with E-state index in [4.69, 9.17) is 0 Å². The van der Waals surface area contributed by atoms with Gasteiger partial charge in [-0.25, -0.2) is 0 Å². The van der Waals surface area contributed by atoms with Crippen molar-refractivity contribution in [1.29, 1.82) is 0 Å². The van der Waals surface area contributed by atoms with Gasteiger partial charge in [0.15, 0.2) is 0 Å². The fraction of sp³-hybridized carbons (Fsp3) is 0.143. The zero-order valence-corrected chi connectivity index (χ0v) is 41.4. The van der Waals surface area contributed by atoms with E-state index in [0.717, 1.165) is 52.9 Å². The maximum absolute atomic E-state index is 2.40. The molecule has 1 atom stereocenters. The van der Waals surface area contributed by atoms with E-state index in [1.165, 1.54) is 116 Å². The first-order valence-corrected chi connectivity index (χ1v) is 26.1. The van der Waals surface area contributed by atoms with Gasteiger partial charge in [0.25, 0.3) is 0 Å². The second-order valence-corrected chi connectivity index (χ2v) is 20.1. The summed E-state index contributed by atoms with van der Waals surface area (Å²) in [6, 6.07) is 87.6. The Labute approximate surface area is 426 Å². The van der Waals surface area contributed by atoms with Crippen molar-refractivity contribution in [3.05, 3.63) is 264 Å². The fourth-order valence-corrected chi connectivity index (χ4v) is 11.6. The molecule has 2 aliphatic rings. The predicted octanol–water partition coefficient (Wildman–Crippen LogP) is 19.3. The van der Waals surface area contributed by atoms with Crippen molar-refractivity contribution in [1.82, 2.24) is 0 Å². The van der Waals surface area contributed by atoms with E-state index < -0.39 is 0 Å². The molecule has 0 radical (unpaired) electrons. The molecule has 12 rings (SSSR count). The molecular formula is C70H60N2. The van der Waals surface area contributed by atoms with E-state index in [-0.39, 0.29) is 0 Å². The molecule has 0 aliphatic heterocycles. The van der Waals surface area contributed by atoms with Gasteiger partial charge in [-0.15, -0.1) is 0 Å². The van der Waals surface area contributed by atoms with Gasteiger partial charge >= 0.3 is 0 Å². The topological polar surface area (TPSA) is 6.48 Å². The summed E-state index contributed by atoms with van der Waals surface area (Å²) in [5.41, 5.74) is 26.6.